The molecule has 70 valence electrons. The van der Waals surface area contributed by atoms with E-state index in [4.69, 9.17) is 5.73 Å². The van der Waals surface area contributed by atoms with Gasteiger partial charge >= 0.3 is 0 Å². The summed E-state index contributed by atoms with van der Waals surface area (Å²) in [6.45, 7) is 1.45. The number of amides is 1. The fourth-order valence-corrected chi connectivity index (χ4v) is 2.04. The molecule has 5 heteroatoms. The highest BCUT2D eigenvalue weighted by Gasteiger charge is 2.24. The lowest BCUT2D eigenvalue weighted by Crippen LogP contribution is -2.31. The maximum Gasteiger partial charge on any atom is 0.265 e. The van der Waals surface area contributed by atoms with Crippen LogP contribution in [0.4, 0.5) is 0 Å². The number of rotatable bonds is 1. The van der Waals surface area contributed by atoms with Gasteiger partial charge in [0.15, 0.2) is 0 Å². The van der Waals surface area contributed by atoms with Gasteiger partial charge in [-0.2, -0.15) is 0 Å². The predicted octanol–water partition coefficient (Wildman–Crippen LogP) is 0.316. The zero-order valence-corrected chi connectivity index (χ0v) is 7.96. The number of hydrogen-bond acceptors (Lipinski definition) is 4. The molecule has 1 aliphatic rings. The summed E-state index contributed by atoms with van der Waals surface area (Å²) >= 11 is 1.38. The minimum Gasteiger partial charge on any atom is -0.336 e. The van der Waals surface area contributed by atoms with Crippen LogP contribution in [0.5, 0.6) is 0 Å². The Morgan fingerprint density at radius 3 is 3.15 bits per heavy atom. The molecule has 0 radical (unpaired) electrons. The Morgan fingerprint density at radius 2 is 2.62 bits per heavy atom. The van der Waals surface area contributed by atoms with Crippen molar-refractivity contribution < 1.29 is 4.79 Å². The minimum absolute atomic E-state index is 0.0652. The molecule has 0 saturated carbocycles. The van der Waals surface area contributed by atoms with Crippen molar-refractivity contribution in [2.45, 2.75) is 12.5 Å². The van der Waals surface area contributed by atoms with E-state index in [-0.39, 0.29) is 11.9 Å². The van der Waals surface area contributed by atoms with Crippen LogP contribution in [0.15, 0.2) is 11.7 Å². The lowest BCUT2D eigenvalue weighted by Gasteiger charge is -2.13. The fraction of sp³-hybridized carbons (Fsp3) is 0.500. The number of hydrogen-bond donors (Lipinski definition) is 1. The number of nitrogens with two attached hydrogens (primary N) is 1. The molecule has 0 spiro atoms. The molecule has 1 unspecified atom stereocenters. The predicted molar refractivity (Wildman–Crippen MR) is 50.6 cm³/mol. The van der Waals surface area contributed by atoms with Gasteiger partial charge in [0.2, 0.25) is 0 Å². The van der Waals surface area contributed by atoms with Crippen LogP contribution < -0.4 is 5.73 Å². The van der Waals surface area contributed by atoms with E-state index in [1.54, 1.807) is 16.6 Å². The number of likely N-dealkylation sites (tertiary alicyclic amines) is 1. The normalized spacial score (nSPS) is 22.2. The van der Waals surface area contributed by atoms with Gasteiger partial charge in [0, 0.05) is 19.1 Å². The maximum atomic E-state index is 11.7. The van der Waals surface area contributed by atoms with Gasteiger partial charge in [-0.25, -0.2) is 0 Å². The molecule has 0 bridgehead atoms. The van der Waals surface area contributed by atoms with Gasteiger partial charge in [-0.05, 0) is 6.42 Å². The van der Waals surface area contributed by atoms with Crippen molar-refractivity contribution in [3.63, 3.8) is 0 Å². The smallest absolute Gasteiger partial charge is 0.265 e. The van der Waals surface area contributed by atoms with Gasteiger partial charge in [0.05, 0.1) is 11.7 Å². The van der Waals surface area contributed by atoms with Crippen LogP contribution in [-0.2, 0) is 0 Å². The quantitative estimate of drug-likeness (QED) is 0.705. The molecule has 2 N–H and O–H groups in total. The Balaban J connectivity index is 2.06. The van der Waals surface area contributed by atoms with Crippen molar-refractivity contribution in [2.75, 3.05) is 13.1 Å². The topological polar surface area (TPSA) is 59.2 Å². The molecule has 1 saturated heterocycles. The average Bonchev–Trinajstić information content (AvgIpc) is 2.72. The van der Waals surface area contributed by atoms with Crippen LogP contribution in [0.1, 0.15) is 16.1 Å². The number of carbonyl (C=O) groups excluding carboxylic acids is 1. The van der Waals surface area contributed by atoms with Gasteiger partial charge in [0.1, 0.15) is 4.88 Å². The second-order valence-electron chi connectivity index (χ2n) is 3.17. The average molecular weight is 197 g/mol. The summed E-state index contributed by atoms with van der Waals surface area (Å²) in [5.41, 5.74) is 7.38. The van der Waals surface area contributed by atoms with Crippen molar-refractivity contribution in [1.29, 1.82) is 0 Å². The monoisotopic (exact) mass is 197 g/mol. The van der Waals surface area contributed by atoms with Gasteiger partial charge in [-0.1, -0.05) is 0 Å². The van der Waals surface area contributed by atoms with E-state index in [1.807, 2.05) is 0 Å². The standard InChI is InChI=1S/C8H11N3OS/c9-6-1-2-11(4-6)8(12)7-3-10-5-13-7/h3,5-6H,1-2,4,9H2. The van der Waals surface area contributed by atoms with Gasteiger partial charge in [-0.3, -0.25) is 9.78 Å². The number of thiazole rings is 1. The van der Waals surface area contributed by atoms with E-state index in [2.05, 4.69) is 4.98 Å². The third kappa shape index (κ3) is 1.71. The summed E-state index contributed by atoms with van der Waals surface area (Å²) in [7, 11) is 0. The molecule has 1 amide bonds. The van der Waals surface area contributed by atoms with Gasteiger partial charge in [0.25, 0.3) is 5.91 Å². The zero-order valence-electron chi connectivity index (χ0n) is 7.14. The van der Waals surface area contributed by atoms with Crippen molar-refractivity contribution >= 4 is 17.2 Å². The van der Waals surface area contributed by atoms with Crippen LogP contribution in [0, 0.1) is 0 Å². The molecular weight excluding hydrogens is 186 g/mol. The van der Waals surface area contributed by atoms with Crippen LogP contribution >= 0.6 is 11.3 Å². The van der Waals surface area contributed by atoms with Crippen molar-refractivity contribution in [2.24, 2.45) is 5.73 Å². The first-order valence-electron chi connectivity index (χ1n) is 4.20. The van der Waals surface area contributed by atoms with Gasteiger partial charge in [-0.15, -0.1) is 11.3 Å². The molecule has 1 fully saturated rings. The first-order chi connectivity index (χ1) is 6.27. The number of nitrogens with zero attached hydrogens (tertiary/aromatic N) is 2. The lowest BCUT2D eigenvalue weighted by molar-refractivity contribution is 0.0795. The van der Waals surface area contributed by atoms with Crippen molar-refractivity contribution in [1.82, 2.24) is 9.88 Å². The molecule has 1 aliphatic heterocycles. The van der Waals surface area contributed by atoms with E-state index in [0.717, 1.165) is 13.0 Å². The van der Waals surface area contributed by atoms with E-state index >= 15 is 0 Å². The second kappa shape index (κ2) is 3.43. The number of carbonyl (C=O) groups is 1. The van der Waals surface area contributed by atoms with Crippen LogP contribution in [0.2, 0.25) is 0 Å². The summed E-state index contributed by atoms with van der Waals surface area (Å²) in [6, 6.07) is 0.150. The third-order valence-electron chi connectivity index (χ3n) is 2.16. The van der Waals surface area contributed by atoms with Crippen molar-refractivity contribution in [3.05, 3.63) is 16.6 Å². The van der Waals surface area contributed by atoms with Gasteiger partial charge < -0.3 is 10.6 Å². The number of aromatic nitrogens is 1. The Hall–Kier alpha value is -0.940. The Labute approximate surface area is 80.4 Å². The highest BCUT2D eigenvalue weighted by atomic mass is 32.1. The Morgan fingerprint density at radius 1 is 1.77 bits per heavy atom. The summed E-state index contributed by atoms with van der Waals surface area (Å²) in [5.74, 6) is 0.0652. The first kappa shape index (κ1) is 8.65. The summed E-state index contributed by atoms with van der Waals surface area (Å²) in [6.07, 6.45) is 2.52. The molecule has 0 aliphatic carbocycles. The molecule has 4 nitrogen and oxygen atoms in total. The SMILES string of the molecule is NC1CCN(C(=O)c2cncs2)C1. The van der Waals surface area contributed by atoms with E-state index < -0.39 is 0 Å². The van der Waals surface area contributed by atoms with Crippen molar-refractivity contribution in [3.8, 4) is 0 Å². The summed E-state index contributed by atoms with van der Waals surface area (Å²) < 4.78 is 0. The first-order valence-corrected chi connectivity index (χ1v) is 5.08. The highest BCUT2D eigenvalue weighted by molar-refractivity contribution is 7.11. The molecule has 2 heterocycles. The Kier molecular flexibility index (Phi) is 2.28. The molecule has 1 aromatic heterocycles. The molecular formula is C8H11N3OS. The molecule has 0 aromatic carbocycles. The maximum absolute atomic E-state index is 11.7. The second-order valence-corrected chi connectivity index (χ2v) is 4.05. The summed E-state index contributed by atoms with van der Waals surface area (Å²) in [4.78, 5) is 18.1. The minimum atomic E-state index is 0.0652. The fourth-order valence-electron chi connectivity index (χ4n) is 1.45. The molecule has 1 atom stereocenters. The van der Waals surface area contributed by atoms with E-state index in [1.165, 1.54) is 11.3 Å². The highest BCUT2D eigenvalue weighted by Crippen LogP contribution is 2.14. The van der Waals surface area contributed by atoms with E-state index in [0.29, 0.717) is 11.4 Å². The third-order valence-corrected chi connectivity index (χ3v) is 2.92. The Bertz CT molecular complexity index is 298. The largest absolute Gasteiger partial charge is 0.336 e. The zero-order chi connectivity index (χ0) is 9.26. The molecule has 2 rings (SSSR count). The molecule has 13 heavy (non-hydrogen) atoms. The van der Waals surface area contributed by atoms with Crippen LogP contribution in [-0.4, -0.2) is 34.9 Å². The summed E-state index contributed by atoms with van der Waals surface area (Å²) in [5, 5.41) is 0. The van der Waals surface area contributed by atoms with Crippen LogP contribution in [0.25, 0.3) is 0 Å². The van der Waals surface area contributed by atoms with E-state index in [9.17, 15) is 4.79 Å². The van der Waals surface area contributed by atoms with Crippen LogP contribution in [0.3, 0.4) is 0 Å². The lowest BCUT2D eigenvalue weighted by atomic mass is 10.3. The molecule has 1 aromatic rings.